The summed E-state index contributed by atoms with van der Waals surface area (Å²) in [5, 5.41) is 12.5. The molecule has 21 heavy (non-hydrogen) atoms. The Morgan fingerprint density at radius 2 is 2.29 bits per heavy atom. The van der Waals surface area contributed by atoms with Crippen molar-refractivity contribution >= 4 is 11.5 Å². The van der Waals surface area contributed by atoms with Crippen molar-refractivity contribution in [1.82, 2.24) is 5.32 Å². The second-order valence-electron chi connectivity index (χ2n) is 5.65. The van der Waals surface area contributed by atoms with E-state index in [1.54, 1.807) is 6.07 Å². The third-order valence-corrected chi connectivity index (χ3v) is 4.30. The van der Waals surface area contributed by atoms with Crippen LogP contribution in [0.25, 0.3) is 0 Å². The first kappa shape index (κ1) is 14.3. The molecule has 1 atom stereocenters. The monoisotopic (exact) mass is 291 g/mol. The van der Waals surface area contributed by atoms with Gasteiger partial charge in [-0.2, -0.15) is 0 Å². The van der Waals surface area contributed by atoms with Crippen LogP contribution in [-0.2, 0) is 0 Å². The average molecular weight is 291 g/mol. The van der Waals surface area contributed by atoms with Gasteiger partial charge in [-0.05, 0) is 37.8 Å². The lowest BCUT2D eigenvalue weighted by Crippen LogP contribution is -2.41. The molecular weight excluding hydrogens is 269 g/mol. The molecule has 0 saturated carbocycles. The molecule has 1 fully saturated rings. The molecule has 0 aliphatic carbocycles. The topological polar surface area (TPSA) is 47.9 Å². The minimum Gasteiger partial charge on any atom is -0.396 e. The molecule has 1 unspecified atom stereocenters. The summed E-state index contributed by atoms with van der Waals surface area (Å²) in [5.74, 6) is 0.436. The number of halogens is 1. The van der Waals surface area contributed by atoms with Crippen molar-refractivity contribution in [3.8, 4) is 0 Å². The molecule has 1 aromatic carbocycles. The Kier molecular flexibility index (Phi) is 4.39. The van der Waals surface area contributed by atoms with E-state index in [9.17, 15) is 9.50 Å². The van der Waals surface area contributed by atoms with Crippen LogP contribution < -0.4 is 10.2 Å². The van der Waals surface area contributed by atoms with Crippen molar-refractivity contribution < 1.29 is 9.50 Å². The van der Waals surface area contributed by atoms with Gasteiger partial charge in [-0.3, -0.25) is 4.99 Å². The number of anilines is 1. The van der Waals surface area contributed by atoms with Crippen LogP contribution in [0.3, 0.4) is 0 Å². The zero-order chi connectivity index (χ0) is 14.7. The van der Waals surface area contributed by atoms with E-state index >= 15 is 0 Å². The second kappa shape index (κ2) is 6.43. The van der Waals surface area contributed by atoms with Crippen LogP contribution in [-0.4, -0.2) is 43.2 Å². The molecule has 0 bridgehead atoms. The van der Waals surface area contributed by atoms with Gasteiger partial charge in [0.15, 0.2) is 0 Å². The molecule has 2 N–H and O–H groups in total. The van der Waals surface area contributed by atoms with Crippen LogP contribution in [0, 0.1) is 5.82 Å². The van der Waals surface area contributed by atoms with E-state index in [1.807, 2.05) is 6.07 Å². The molecule has 4 nitrogen and oxygen atoms in total. The van der Waals surface area contributed by atoms with Crippen molar-refractivity contribution in [2.75, 3.05) is 31.1 Å². The number of hydrogen-bond acceptors (Lipinski definition) is 4. The molecule has 3 rings (SSSR count). The van der Waals surface area contributed by atoms with Gasteiger partial charge in [-0.15, -0.1) is 0 Å². The van der Waals surface area contributed by atoms with E-state index in [1.165, 1.54) is 12.5 Å². The predicted molar refractivity (Wildman–Crippen MR) is 82.5 cm³/mol. The Morgan fingerprint density at radius 1 is 1.38 bits per heavy atom. The molecule has 2 heterocycles. The van der Waals surface area contributed by atoms with E-state index in [0.717, 1.165) is 38.0 Å². The Bertz CT molecular complexity index is 530. The fourth-order valence-electron chi connectivity index (χ4n) is 3.32. The van der Waals surface area contributed by atoms with Crippen LogP contribution in [0.2, 0.25) is 0 Å². The fourth-order valence-corrected chi connectivity index (χ4v) is 3.32. The normalized spacial score (nSPS) is 22.1. The van der Waals surface area contributed by atoms with Gasteiger partial charge in [0.05, 0.1) is 17.8 Å². The van der Waals surface area contributed by atoms with Gasteiger partial charge in [0.25, 0.3) is 0 Å². The molecule has 114 valence electrons. The number of nitrogens with zero attached hydrogens (tertiary/aromatic N) is 2. The summed E-state index contributed by atoms with van der Waals surface area (Å²) in [6.07, 6.45) is 4.06. The fraction of sp³-hybridized carbons (Fsp3) is 0.562. The maximum Gasteiger partial charge on any atom is 0.136 e. The molecular formula is C16H22FN3O. The Hall–Kier alpha value is -1.62. The lowest BCUT2D eigenvalue weighted by Gasteiger charge is -2.38. The molecule has 0 radical (unpaired) electrons. The number of piperidine rings is 1. The predicted octanol–water partition coefficient (Wildman–Crippen LogP) is 1.92. The number of aliphatic hydroxyl groups is 1. The van der Waals surface area contributed by atoms with E-state index < -0.39 is 0 Å². The molecule has 2 aliphatic heterocycles. The smallest absolute Gasteiger partial charge is 0.136 e. The molecule has 1 aromatic rings. The summed E-state index contributed by atoms with van der Waals surface area (Å²) in [4.78, 5) is 6.63. The standard InChI is InChI=1S/C16H22FN3O/c17-13-5-3-6-14(15(13)16-18-8-9-19-16)20-10-2-1-4-12(20)7-11-21/h3,5-6,12,21H,1-2,4,7-11H2,(H,18,19). The van der Waals surface area contributed by atoms with Crippen molar-refractivity contribution in [3.05, 3.63) is 29.6 Å². The van der Waals surface area contributed by atoms with Gasteiger partial charge < -0.3 is 15.3 Å². The molecule has 0 aromatic heterocycles. The zero-order valence-corrected chi connectivity index (χ0v) is 12.2. The Morgan fingerprint density at radius 3 is 3.05 bits per heavy atom. The lowest BCUT2D eigenvalue weighted by molar-refractivity contribution is 0.262. The molecule has 2 aliphatic rings. The first-order valence-corrected chi connectivity index (χ1v) is 7.76. The Labute approximate surface area is 124 Å². The quantitative estimate of drug-likeness (QED) is 0.891. The number of hydrogen-bond donors (Lipinski definition) is 2. The first-order valence-electron chi connectivity index (χ1n) is 7.76. The van der Waals surface area contributed by atoms with Gasteiger partial charge >= 0.3 is 0 Å². The summed E-state index contributed by atoms with van der Waals surface area (Å²) in [6, 6.07) is 5.50. The van der Waals surface area contributed by atoms with Crippen LogP contribution in [0.1, 0.15) is 31.2 Å². The summed E-state index contributed by atoms with van der Waals surface area (Å²) in [6.45, 7) is 2.55. The van der Waals surface area contributed by atoms with Crippen LogP contribution in [0.5, 0.6) is 0 Å². The zero-order valence-electron chi connectivity index (χ0n) is 12.2. The highest BCUT2D eigenvalue weighted by atomic mass is 19.1. The SMILES string of the molecule is OCCC1CCCCN1c1cccc(F)c1C1=NCCN1. The Balaban J connectivity index is 1.98. The maximum atomic E-state index is 14.4. The number of aliphatic imine (C=N–C) groups is 1. The van der Waals surface area contributed by atoms with Crippen molar-refractivity contribution in [3.63, 3.8) is 0 Å². The highest BCUT2D eigenvalue weighted by molar-refractivity contribution is 6.04. The molecule has 1 saturated heterocycles. The van der Waals surface area contributed by atoms with Crippen LogP contribution in [0.15, 0.2) is 23.2 Å². The lowest BCUT2D eigenvalue weighted by atomic mass is 9.97. The highest BCUT2D eigenvalue weighted by Crippen LogP contribution is 2.31. The summed E-state index contributed by atoms with van der Waals surface area (Å²) < 4.78 is 14.4. The van der Waals surface area contributed by atoms with E-state index in [0.29, 0.717) is 17.9 Å². The van der Waals surface area contributed by atoms with Crippen LogP contribution >= 0.6 is 0 Å². The highest BCUT2D eigenvalue weighted by Gasteiger charge is 2.27. The van der Waals surface area contributed by atoms with Crippen molar-refractivity contribution in [2.45, 2.75) is 31.7 Å². The van der Waals surface area contributed by atoms with E-state index in [-0.39, 0.29) is 18.5 Å². The van der Waals surface area contributed by atoms with E-state index in [2.05, 4.69) is 15.2 Å². The molecule has 5 heteroatoms. The molecule has 0 amide bonds. The number of aliphatic hydroxyl groups excluding tert-OH is 1. The second-order valence-corrected chi connectivity index (χ2v) is 5.65. The number of rotatable bonds is 4. The van der Waals surface area contributed by atoms with Gasteiger partial charge in [0.1, 0.15) is 11.7 Å². The van der Waals surface area contributed by atoms with Crippen molar-refractivity contribution in [1.29, 1.82) is 0 Å². The number of nitrogens with one attached hydrogen (secondary N) is 1. The number of amidine groups is 1. The van der Waals surface area contributed by atoms with Crippen molar-refractivity contribution in [2.24, 2.45) is 4.99 Å². The maximum absolute atomic E-state index is 14.4. The summed E-state index contributed by atoms with van der Waals surface area (Å²) in [5.41, 5.74) is 1.49. The largest absolute Gasteiger partial charge is 0.396 e. The summed E-state index contributed by atoms with van der Waals surface area (Å²) >= 11 is 0. The van der Waals surface area contributed by atoms with Gasteiger partial charge in [0.2, 0.25) is 0 Å². The van der Waals surface area contributed by atoms with E-state index in [4.69, 9.17) is 0 Å². The van der Waals surface area contributed by atoms with Gasteiger partial charge in [-0.1, -0.05) is 6.07 Å². The third kappa shape index (κ3) is 2.88. The summed E-state index contributed by atoms with van der Waals surface area (Å²) in [7, 11) is 0. The average Bonchev–Trinajstić information content (AvgIpc) is 3.02. The third-order valence-electron chi connectivity index (χ3n) is 4.30. The minimum atomic E-state index is -0.228. The first-order chi connectivity index (χ1) is 10.3. The van der Waals surface area contributed by atoms with Gasteiger partial charge in [0, 0.05) is 25.7 Å². The van der Waals surface area contributed by atoms with Gasteiger partial charge in [-0.25, -0.2) is 4.39 Å². The minimum absolute atomic E-state index is 0.172. The number of benzene rings is 1. The van der Waals surface area contributed by atoms with Crippen LogP contribution in [0.4, 0.5) is 10.1 Å². The molecule has 0 spiro atoms.